The summed E-state index contributed by atoms with van der Waals surface area (Å²) in [5.74, 6) is 1.45. The third-order valence-corrected chi connectivity index (χ3v) is 4.44. The molecule has 0 aromatic rings. The number of aliphatic hydroxyl groups is 1. The minimum absolute atomic E-state index is 0.0392. The topological polar surface area (TPSA) is 35.5 Å². The lowest BCUT2D eigenvalue weighted by Gasteiger charge is -2.34. The predicted octanol–water partition coefficient (Wildman–Crippen LogP) is 3.27. The van der Waals surface area contributed by atoms with Crippen molar-refractivity contribution in [1.29, 1.82) is 0 Å². The minimum atomic E-state index is -0.0392. The molecule has 0 radical (unpaired) electrons. The first-order chi connectivity index (χ1) is 9.90. The Hall–Kier alpha value is -0.120. The molecule has 1 atom stereocenters. The summed E-state index contributed by atoms with van der Waals surface area (Å²) in [6.07, 6.45) is 5.86. The summed E-state index contributed by atoms with van der Waals surface area (Å²) in [5, 5.41) is 13.5. The second-order valence-corrected chi connectivity index (χ2v) is 7.86. The molecule has 1 aliphatic rings. The number of aliphatic hydroxyl groups excluding tert-OH is 1. The van der Waals surface area contributed by atoms with Gasteiger partial charge in [-0.1, -0.05) is 34.6 Å². The standard InChI is InChI=1S/C18H38N2O/c1-6-18(14-21,19-17-8-9-17)10-7-11-20(12-15(2)3)13-16(4)5/h15-17,19,21H,6-14H2,1-5H3. The number of hydrogen-bond acceptors (Lipinski definition) is 3. The highest BCUT2D eigenvalue weighted by Crippen LogP contribution is 2.27. The molecule has 0 aromatic carbocycles. The zero-order valence-electron chi connectivity index (χ0n) is 15.0. The fraction of sp³-hybridized carbons (Fsp3) is 1.00. The van der Waals surface area contributed by atoms with E-state index in [0.717, 1.165) is 31.2 Å². The maximum atomic E-state index is 9.83. The van der Waals surface area contributed by atoms with E-state index in [2.05, 4.69) is 44.8 Å². The molecule has 1 unspecified atom stereocenters. The summed E-state index contributed by atoms with van der Waals surface area (Å²) >= 11 is 0. The second-order valence-electron chi connectivity index (χ2n) is 7.86. The second kappa shape index (κ2) is 9.12. The van der Waals surface area contributed by atoms with Crippen molar-refractivity contribution >= 4 is 0 Å². The van der Waals surface area contributed by atoms with Gasteiger partial charge in [-0.05, 0) is 50.5 Å². The van der Waals surface area contributed by atoms with Crippen molar-refractivity contribution in [3.63, 3.8) is 0 Å². The van der Waals surface area contributed by atoms with Gasteiger partial charge in [-0.2, -0.15) is 0 Å². The molecule has 0 bridgehead atoms. The number of nitrogens with zero attached hydrogens (tertiary/aromatic N) is 1. The molecule has 0 aliphatic heterocycles. The molecule has 3 nitrogen and oxygen atoms in total. The monoisotopic (exact) mass is 298 g/mol. The smallest absolute Gasteiger partial charge is 0.0613 e. The van der Waals surface area contributed by atoms with E-state index in [0.29, 0.717) is 6.04 Å². The SMILES string of the molecule is CCC(CO)(CCCN(CC(C)C)CC(C)C)NC1CC1. The van der Waals surface area contributed by atoms with E-state index in [-0.39, 0.29) is 12.1 Å². The molecule has 0 heterocycles. The van der Waals surface area contributed by atoms with Crippen LogP contribution in [0.4, 0.5) is 0 Å². The first-order valence-corrected chi connectivity index (χ1v) is 9.01. The Morgan fingerprint density at radius 2 is 1.71 bits per heavy atom. The fourth-order valence-corrected chi connectivity index (χ4v) is 3.18. The van der Waals surface area contributed by atoms with Crippen LogP contribution in [0.5, 0.6) is 0 Å². The van der Waals surface area contributed by atoms with Gasteiger partial charge in [0.25, 0.3) is 0 Å². The Bertz CT molecular complexity index is 260. The van der Waals surface area contributed by atoms with Crippen LogP contribution >= 0.6 is 0 Å². The van der Waals surface area contributed by atoms with Gasteiger partial charge in [-0.3, -0.25) is 0 Å². The van der Waals surface area contributed by atoms with Crippen LogP contribution in [0, 0.1) is 11.8 Å². The van der Waals surface area contributed by atoms with Gasteiger partial charge in [-0.25, -0.2) is 0 Å². The molecule has 2 N–H and O–H groups in total. The highest BCUT2D eigenvalue weighted by Gasteiger charge is 2.34. The maximum absolute atomic E-state index is 9.83. The molecule has 0 amide bonds. The zero-order chi connectivity index (χ0) is 15.9. The molecular formula is C18H38N2O. The van der Waals surface area contributed by atoms with Crippen LogP contribution in [0.3, 0.4) is 0 Å². The van der Waals surface area contributed by atoms with E-state index in [1.807, 2.05) is 0 Å². The van der Waals surface area contributed by atoms with Gasteiger partial charge in [-0.15, -0.1) is 0 Å². The number of nitrogens with one attached hydrogen (secondary N) is 1. The van der Waals surface area contributed by atoms with Gasteiger partial charge in [0.1, 0.15) is 0 Å². The Balaban J connectivity index is 2.41. The van der Waals surface area contributed by atoms with Crippen LogP contribution in [0.25, 0.3) is 0 Å². The highest BCUT2D eigenvalue weighted by molar-refractivity contribution is 4.94. The Morgan fingerprint density at radius 1 is 1.14 bits per heavy atom. The van der Waals surface area contributed by atoms with E-state index in [1.165, 1.54) is 32.4 Å². The Labute approximate surface area is 132 Å². The highest BCUT2D eigenvalue weighted by atomic mass is 16.3. The molecule has 1 saturated carbocycles. The van der Waals surface area contributed by atoms with E-state index in [4.69, 9.17) is 0 Å². The molecule has 126 valence electrons. The van der Waals surface area contributed by atoms with Gasteiger partial charge in [0.2, 0.25) is 0 Å². The van der Waals surface area contributed by atoms with Gasteiger partial charge < -0.3 is 15.3 Å². The van der Waals surface area contributed by atoms with Crippen molar-refractivity contribution in [3.8, 4) is 0 Å². The molecule has 3 heteroatoms. The zero-order valence-corrected chi connectivity index (χ0v) is 15.0. The van der Waals surface area contributed by atoms with Gasteiger partial charge in [0, 0.05) is 24.7 Å². The largest absolute Gasteiger partial charge is 0.394 e. The van der Waals surface area contributed by atoms with Crippen molar-refractivity contribution in [3.05, 3.63) is 0 Å². The average Bonchev–Trinajstić information content (AvgIpc) is 3.19. The molecular weight excluding hydrogens is 260 g/mol. The van der Waals surface area contributed by atoms with E-state index < -0.39 is 0 Å². The van der Waals surface area contributed by atoms with Crippen molar-refractivity contribution in [2.24, 2.45) is 11.8 Å². The van der Waals surface area contributed by atoms with Crippen LogP contribution in [0.1, 0.15) is 66.7 Å². The third kappa shape index (κ3) is 7.62. The molecule has 0 spiro atoms. The summed E-state index contributed by atoms with van der Waals surface area (Å²) in [6, 6.07) is 0.666. The van der Waals surface area contributed by atoms with Crippen LogP contribution in [-0.2, 0) is 0 Å². The van der Waals surface area contributed by atoms with Gasteiger partial charge in [0.05, 0.1) is 6.61 Å². The fourth-order valence-electron chi connectivity index (χ4n) is 3.18. The minimum Gasteiger partial charge on any atom is -0.394 e. The van der Waals surface area contributed by atoms with Crippen LogP contribution in [-0.4, -0.2) is 47.8 Å². The predicted molar refractivity (Wildman–Crippen MR) is 91.6 cm³/mol. The lowest BCUT2D eigenvalue weighted by molar-refractivity contribution is 0.133. The molecule has 1 fully saturated rings. The summed E-state index contributed by atoms with van der Waals surface area (Å²) in [5.41, 5.74) is -0.0392. The van der Waals surface area contributed by atoms with Crippen LogP contribution < -0.4 is 5.32 Å². The average molecular weight is 299 g/mol. The quantitative estimate of drug-likeness (QED) is 0.580. The molecule has 0 aromatic heterocycles. The maximum Gasteiger partial charge on any atom is 0.0613 e. The van der Waals surface area contributed by atoms with Crippen molar-refractivity contribution in [2.45, 2.75) is 78.3 Å². The van der Waals surface area contributed by atoms with E-state index >= 15 is 0 Å². The molecule has 1 aliphatic carbocycles. The van der Waals surface area contributed by atoms with Crippen molar-refractivity contribution < 1.29 is 5.11 Å². The molecule has 21 heavy (non-hydrogen) atoms. The molecule has 1 rings (SSSR count). The van der Waals surface area contributed by atoms with Gasteiger partial charge in [0.15, 0.2) is 0 Å². The number of hydrogen-bond donors (Lipinski definition) is 2. The summed E-state index contributed by atoms with van der Waals surface area (Å²) in [6.45, 7) is 15.2. The summed E-state index contributed by atoms with van der Waals surface area (Å²) in [7, 11) is 0. The van der Waals surface area contributed by atoms with Crippen LogP contribution in [0.15, 0.2) is 0 Å². The normalized spacial score (nSPS) is 18.7. The summed E-state index contributed by atoms with van der Waals surface area (Å²) < 4.78 is 0. The lowest BCUT2D eigenvalue weighted by Crippen LogP contribution is -2.49. The lowest BCUT2D eigenvalue weighted by atomic mass is 9.90. The Kier molecular flexibility index (Phi) is 8.22. The van der Waals surface area contributed by atoms with E-state index in [9.17, 15) is 5.11 Å². The van der Waals surface area contributed by atoms with Crippen molar-refractivity contribution in [1.82, 2.24) is 10.2 Å². The Morgan fingerprint density at radius 3 is 2.10 bits per heavy atom. The molecule has 0 saturated heterocycles. The third-order valence-electron chi connectivity index (χ3n) is 4.44. The number of rotatable bonds is 12. The first-order valence-electron chi connectivity index (χ1n) is 9.01. The van der Waals surface area contributed by atoms with Crippen molar-refractivity contribution in [2.75, 3.05) is 26.2 Å². The first kappa shape index (κ1) is 18.9. The summed E-state index contributed by atoms with van der Waals surface area (Å²) in [4.78, 5) is 2.60. The van der Waals surface area contributed by atoms with Crippen LogP contribution in [0.2, 0.25) is 0 Å². The van der Waals surface area contributed by atoms with E-state index in [1.54, 1.807) is 0 Å². The van der Waals surface area contributed by atoms with Gasteiger partial charge >= 0.3 is 0 Å².